The fourth-order valence-electron chi connectivity index (χ4n) is 2.78. The van der Waals surface area contributed by atoms with Crippen LogP contribution in [0.2, 0.25) is 5.02 Å². The molecule has 1 amide bonds. The molecular weight excluding hydrogens is 382 g/mol. The second-order valence-corrected chi connectivity index (χ2v) is 6.24. The van der Waals surface area contributed by atoms with Gasteiger partial charge in [0.2, 0.25) is 0 Å². The topological polar surface area (TPSA) is 73.9 Å². The summed E-state index contributed by atoms with van der Waals surface area (Å²) >= 11 is 6.03. The number of hydrogen-bond donors (Lipinski definition) is 1. The van der Waals surface area contributed by atoms with Gasteiger partial charge in [-0.05, 0) is 35.7 Å². The average molecular weight is 400 g/mol. The highest BCUT2D eigenvalue weighted by atomic mass is 35.5. The van der Waals surface area contributed by atoms with Gasteiger partial charge in [-0.2, -0.15) is 0 Å². The number of carbonyl (C=O) groups excluding carboxylic acids is 2. The molecule has 7 heteroatoms. The molecule has 3 rings (SSSR count). The molecule has 0 aliphatic heterocycles. The van der Waals surface area contributed by atoms with Crippen LogP contribution in [0.4, 0.5) is 5.69 Å². The van der Waals surface area contributed by atoms with Crippen LogP contribution < -0.4 is 14.8 Å². The molecule has 0 aliphatic rings. The quantitative estimate of drug-likeness (QED) is 0.625. The van der Waals surface area contributed by atoms with Crippen LogP contribution >= 0.6 is 11.6 Å². The van der Waals surface area contributed by atoms with E-state index in [1.807, 2.05) is 18.2 Å². The SMILES string of the molecule is COc1ccc(NC(=O)COC(=O)c2ccc(OC)c3ccccc23)cc1Cl. The third kappa shape index (κ3) is 4.18. The van der Waals surface area contributed by atoms with E-state index in [-0.39, 0.29) is 0 Å². The van der Waals surface area contributed by atoms with Gasteiger partial charge in [0.05, 0.1) is 24.8 Å². The number of rotatable bonds is 6. The van der Waals surface area contributed by atoms with Crippen molar-refractivity contribution in [3.8, 4) is 11.5 Å². The van der Waals surface area contributed by atoms with Crippen molar-refractivity contribution in [2.24, 2.45) is 0 Å². The fourth-order valence-corrected chi connectivity index (χ4v) is 3.04. The van der Waals surface area contributed by atoms with Crippen LogP contribution in [0.3, 0.4) is 0 Å². The van der Waals surface area contributed by atoms with E-state index in [2.05, 4.69) is 5.32 Å². The summed E-state index contributed by atoms with van der Waals surface area (Å²) in [5.74, 6) is 0.0768. The number of methoxy groups -OCH3 is 2. The molecule has 144 valence electrons. The van der Waals surface area contributed by atoms with Gasteiger partial charge in [0.1, 0.15) is 11.5 Å². The lowest BCUT2D eigenvalue weighted by Crippen LogP contribution is -2.21. The summed E-state index contributed by atoms with van der Waals surface area (Å²) in [7, 11) is 3.07. The Morgan fingerprint density at radius 3 is 2.29 bits per heavy atom. The highest BCUT2D eigenvalue weighted by Crippen LogP contribution is 2.29. The molecule has 6 nitrogen and oxygen atoms in total. The number of ether oxygens (including phenoxy) is 3. The number of hydrogen-bond acceptors (Lipinski definition) is 5. The predicted octanol–water partition coefficient (Wildman–Crippen LogP) is 4.31. The van der Waals surface area contributed by atoms with Gasteiger partial charge in [0.15, 0.2) is 6.61 Å². The molecular formula is C21H18ClNO5. The van der Waals surface area contributed by atoms with E-state index in [1.54, 1.807) is 43.5 Å². The maximum absolute atomic E-state index is 12.5. The Bertz CT molecular complexity index is 1030. The zero-order chi connectivity index (χ0) is 20.1. The summed E-state index contributed by atoms with van der Waals surface area (Å²) in [5.41, 5.74) is 0.832. The minimum atomic E-state index is -0.596. The third-order valence-electron chi connectivity index (χ3n) is 4.09. The Morgan fingerprint density at radius 1 is 0.929 bits per heavy atom. The zero-order valence-corrected chi connectivity index (χ0v) is 16.1. The molecule has 0 saturated heterocycles. The molecule has 0 saturated carbocycles. The van der Waals surface area contributed by atoms with Crippen LogP contribution in [-0.4, -0.2) is 32.7 Å². The van der Waals surface area contributed by atoms with Gasteiger partial charge in [0.25, 0.3) is 5.91 Å². The lowest BCUT2D eigenvalue weighted by molar-refractivity contribution is -0.119. The molecule has 0 aromatic heterocycles. The molecule has 28 heavy (non-hydrogen) atoms. The van der Waals surface area contributed by atoms with Crippen LogP contribution in [0.1, 0.15) is 10.4 Å². The van der Waals surface area contributed by atoms with Crippen molar-refractivity contribution in [2.45, 2.75) is 0 Å². The van der Waals surface area contributed by atoms with Gasteiger partial charge in [-0.3, -0.25) is 4.79 Å². The van der Waals surface area contributed by atoms with E-state index in [0.717, 1.165) is 5.39 Å². The number of nitrogens with one attached hydrogen (secondary N) is 1. The second kappa shape index (κ2) is 8.63. The average Bonchev–Trinajstić information content (AvgIpc) is 2.71. The largest absolute Gasteiger partial charge is 0.496 e. The van der Waals surface area contributed by atoms with Crippen LogP contribution in [0.25, 0.3) is 10.8 Å². The van der Waals surface area contributed by atoms with E-state index < -0.39 is 18.5 Å². The van der Waals surface area contributed by atoms with Crippen molar-refractivity contribution in [2.75, 3.05) is 26.1 Å². The Morgan fingerprint density at radius 2 is 1.61 bits per heavy atom. The summed E-state index contributed by atoms with van der Waals surface area (Å²) in [6.45, 7) is -0.428. The molecule has 3 aromatic rings. The molecule has 3 aromatic carbocycles. The number of fused-ring (bicyclic) bond motifs is 1. The van der Waals surface area contributed by atoms with E-state index >= 15 is 0 Å². The molecule has 0 bridgehead atoms. The molecule has 0 radical (unpaired) electrons. The maximum atomic E-state index is 12.5. The molecule has 0 fully saturated rings. The van der Waals surface area contributed by atoms with Crippen molar-refractivity contribution < 1.29 is 23.8 Å². The van der Waals surface area contributed by atoms with Crippen LogP contribution in [0, 0.1) is 0 Å². The molecule has 0 heterocycles. The first-order valence-electron chi connectivity index (χ1n) is 8.39. The molecule has 0 aliphatic carbocycles. The molecule has 0 unspecified atom stereocenters. The summed E-state index contributed by atoms with van der Waals surface area (Å²) in [5, 5.41) is 4.46. The number of halogens is 1. The lowest BCUT2D eigenvalue weighted by Gasteiger charge is -2.11. The van der Waals surface area contributed by atoms with E-state index in [1.165, 1.54) is 7.11 Å². The lowest BCUT2D eigenvalue weighted by atomic mass is 10.0. The monoisotopic (exact) mass is 399 g/mol. The van der Waals surface area contributed by atoms with Crippen LogP contribution in [-0.2, 0) is 9.53 Å². The molecule has 0 spiro atoms. The molecule has 0 atom stereocenters. The summed E-state index contributed by atoms with van der Waals surface area (Å²) in [6.07, 6.45) is 0. The van der Waals surface area contributed by atoms with E-state index in [4.69, 9.17) is 25.8 Å². The van der Waals surface area contributed by atoms with Gasteiger partial charge in [-0.25, -0.2) is 4.79 Å². The minimum absolute atomic E-state index is 0.358. The van der Waals surface area contributed by atoms with Crippen molar-refractivity contribution in [3.05, 3.63) is 65.2 Å². The number of amides is 1. The Hall–Kier alpha value is -3.25. The number of anilines is 1. The van der Waals surface area contributed by atoms with Crippen LogP contribution in [0.15, 0.2) is 54.6 Å². The highest BCUT2D eigenvalue weighted by Gasteiger charge is 2.15. The first-order chi connectivity index (χ1) is 13.5. The van der Waals surface area contributed by atoms with E-state index in [0.29, 0.717) is 33.2 Å². The fraction of sp³-hybridized carbons (Fsp3) is 0.143. The van der Waals surface area contributed by atoms with Gasteiger partial charge < -0.3 is 19.5 Å². The summed E-state index contributed by atoms with van der Waals surface area (Å²) in [6, 6.07) is 15.5. The van der Waals surface area contributed by atoms with Gasteiger partial charge in [-0.1, -0.05) is 35.9 Å². The normalized spacial score (nSPS) is 10.4. The second-order valence-electron chi connectivity index (χ2n) is 5.83. The first kappa shape index (κ1) is 19.5. The van der Waals surface area contributed by atoms with E-state index in [9.17, 15) is 9.59 Å². The van der Waals surface area contributed by atoms with Gasteiger partial charge in [-0.15, -0.1) is 0 Å². The number of benzene rings is 3. The number of esters is 1. The maximum Gasteiger partial charge on any atom is 0.339 e. The van der Waals surface area contributed by atoms with Gasteiger partial charge >= 0.3 is 5.97 Å². The van der Waals surface area contributed by atoms with Crippen molar-refractivity contribution in [1.29, 1.82) is 0 Å². The van der Waals surface area contributed by atoms with Crippen LogP contribution in [0.5, 0.6) is 11.5 Å². The first-order valence-corrected chi connectivity index (χ1v) is 8.77. The van der Waals surface area contributed by atoms with Gasteiger partial charge in [0, 0.05) is 11.1 Å². The zero-order valence-electron chi connectivity index (χ0n) is 15.3. The number of carbonyl (C=O) groups is 2. The summed E-state index contributed by atoms with van der Waals surface area (Å²) < 4.78 is 15.5. The van der Waals surface area contributed by atoms with Crippen molar-refractivity contribution in [1.82, 2.24) is 0 Å². The Balaban J connectivity index is 1.68. The van der Waals surface area contributed by atoms with Crippen molar-refractivity contribution >= 4 is 39.9 Å². The Kier molecular flexibility index (Phi) is 6.01. The third-order valence-corrected chi connectivity index (χ3v) is 4.39. The minimum Gasteiger partial charge on any atom is -0.496 e. The predicted molar refractivity (Wildman–Crippen MR) is 107 cm³/mol. The molecule has 1 N–H and O–H groups in total. The summed E-state index contributed by atoms with van der Waals surface area (Å²) in [4.78, 5) is 24.6. The van der Waals surface area contributed by atoms with Crippen molar-refractivity contribution in [3.63, 3.8) is 0 Å². The standard InChI is InChI=1S/C21H18ClNO5/c1-26-18-10-8-16(14-5-3-4-6-15(14)18)21(25)28-12-20(24)23-13-7-9-19(27-2)17(22)11-13/h3-11H,12H2,1-2H3,(H,23,24). The Labute approximate surface area is 167 Å². The highest BCUT2D eigenvalue weighted by molar-refractivity contribution is 6.32. The smallest absolute Gasteiger partial charge is 0.339 e.